The molecule has 0 aromatic heterocycles. The first-order valence-corrected chi connectivity index (χ1v) is 6.59. The molecule has 1 atom stereocenters. The van der Waals surface area contributed by atoms with Crippen molar-refractivity contribution in [2.45, 2.75) is 43.7 Å². The third kappa shape index (κ3) is 2.78. The van der Waals surface area contributed by atoms with E-state index in [0.717, 1.165) is 38.2 Å². The molecule has 0 saturated heterocycles. The van der Waals surface area contributed by atoms with Gasteiger partial charge in [0.2, 0.25) is 0 Å². The molecule has 0 heterocycles. The van der Waals surface area contributed by atoms with Crippen molar-refractivity contribution < 1.29 is 13.5 Å². The minimum atomic E-state index is -0.593. The number of nitrogens with one attached hydrogen (secondary N) is 1. The van der Waals surface area contributed by atoms with E-state index in [1.165, 1.54) is 12.1 Å². The molecule has 1 aromatic rings. The van der Waals surface area contributed by atoms with Gasteiger partial charge < -0.3 is 4.74 Å². The van der Waals surface area contributed by atoms with Crippen molar-refractivity contribution in [3.63, 3.8) is 0 Å². The highest BCUT2D eigenvalue weighted by Crippen LogP contribution is 2.41. The second-order valence-corrected chi connectivity index (χ2v) is 5.10. The predicted octanol–water partition coefficient (Wildman–Crippen LogP) is 2.82. The number of benzene rings is 1. The molecule has 5 heteroatoms. The lowest BCUT2D eigenvalue weighted by atomic mass is 9.76. The van der Waals surface area contributed by atoms with Gasteiger partial charge in [0.15, 0.2) is 0 Å². The van der Waals surface area contributed by atoms with Gasteiger partial charge in [0, 0.05) is 18.7 Å². The number of hydrazine groups is 1. The number of ether oxygens (including phenoxy) is 1. The van der Waals surface area contributed by atoms with Crippen molar-refractivity contribution in [1.82, 2.24) is 5.43 Å². The molecule has 3 N–H and O–H groups in total. The van der Waals surface area contributed by atoms with Crippen molar-refractivity contribution in [2.24, 2.45) is 5.84 Å². The summed E-state index contributed by atoms with van der Waals surface area (Å²) >= 11 is 0. The fraction of sp³-hybridized carbons (Fsp3) is 0.571. The molecule has 1 aliphatic carbocycles. The maximum Gasteiger partial charge on any atom is 0.131 e. The van der Waals surface area contributed by atoms with Crippen molar-refractivity contribution in [3.05, 3.63) is 35.4 Å². The van der Waals surface area contributed by atoms with Crippen LogP contribution in [0, 0.1) is 11.6 Å². The van der Waals surface area contributed by atoms with E-state index in [1.807, 2.05) is 0 Å². The largest absolute Gasteiger partial charge is 0.376 e. The monoisotopic (exact) mass is 270 g/mol. The standard InChI is InChI=1S/C14H20F2N2O/c1-19-14(7-3-2-4-8-14)13(18-17)11-6-5-10(15)9-12(11)16/h5-6,9,13,18H,2-4,7-8,17H2,1H3. The van der Waals surface area contributed by atoms with Crippen molar-refractivity contribution in [1.29, 1.82) is 0 Å². The zero-order chi connectivity index (χ0) is 13.9. The fourth-order valence-electron chi connectivity index (χ4n) is 3.02. The molecular formula is C14H20F2N2O. The summed E-state index contributed by atoms with van der Waals surface area (Å²) in [5.41, 5.74) is 2.48. The van der Waals surface area contributed by atoms with Crippen molar-refractivity contribution in [2.75, 3.05) is 7.11 Å². The molecule has 1 saturated carbocycles. The first-order chi connectivity index (χ1) is 9.13. The van der Waals surface area contributed by atoms with Crippen LogP contribution in [0.2, 0.25) is 0 Å². The van der Waals surface area contributed by atoms with Crippen LogP contribution in [0.25, 0.3) is 0 Å². The van der Waals surface area contributed by atoms with Gasteiger partial charge in [-0.2, -0.15) is 0 Å². The Morgan fingerprint density at radius 3 is 2.47 bits per heavy atom. The summed E-state index contributed by atoms with van der Waals surface area (Å²) in [6.45, 7) is 0. The summed E-state index contributed by atoms with van der Waals surface area (Å²) in [6, 6.07) is 3.09. The van der Waals surface area contributed by atoms with Gasteiger partial charge in [-0.1, -0.05) is 25.3 Å². The number of halogens is 2. The van der Waals surface area contributed by atoms with Gasteiger partial charge in [-0.3, -0.25) is 5.84 Å². The first kappa shape index (κ1) is 14.4. The van der Waals surface area contributed by atoms with E-state index in [1.54, 1.807) is 7.11 Å². The molecule has 2 rings (SSSR count). The molecule has 1 aromatic carbocycles. The Morgan fingerprint density at radius 1 is 1.26 bits per heavy atom. The smallest absolute Gasteiger partial charge is 0.131 e. The van der Waals surface area contributed by atoms with Crippen LogP contribution >= 0.6 is 0 Å². The molecular weight excluding hydrogens is 250 g/mol. The lowest BCUT2D eigenvalue weighted by Gasteiger charge is -2.42. The van der Waals surface area contributed by atoms with Crippen LogP contribution in [0.4, 0.5) is 8.78 Å². The van der Waals surface area contributed by atoms with Gasteiger partial charge in [-0.15, -0.1) is 0 Å². The Bertz CT molecular complexity index is 433. The van der Waals surface area contributed by atoms with Gasteiger partial charge in [-0.25, -0.2) is 14.2 Å². The number of methoxy groups -OCH3 is 1. The summed E-state index contributed by atoms with van der Waals surface area (Å²) in [4.78, 5) is 0. The Hall–Kier alpha value is -1.04. The van der Waals surface area contributed by atoms with E-state index < -0.39 is 23.3 Å². The molecule has 19 heavy (non-hydrogen) atoms. The van der Waals surface area contributed by atoms with Gasteiger partial charge >= 0.3 is 0 Å². The maximum atomic E-state index is 14.0. The lowest BCUT2D eigenvalue weighted by molar-refractivity contribution is -0.0696. The topological polar surface area (TPSA) is 47.3 Å². The van der Waals surface area contributed by atoms with Crippen LogP contribution in [-0.2, 0) is 4.74 Å². The molecule has 0 aliphatic heterocycles. The normalized spacial score (nSPS) is 20.2. The van der Waals surface area contributed by atoms with Crippen molar-refractivity contribution >= 4 is 0 Å². The van der Waals surface area contributed by atoms with E-state index in [4.69, 9.17) is 10.6 Å². The predicted molar refractivity (Wildman–Crippen MR) is 69.2 cm³/mol. The van der Waals surface area contributed by atoms with Crippen LogP contribution in [0.15, 0.2) is 18.2 Å². The third-order valence-corrected chi connectivity index (χ3v) is 4.07. The Labute approximate surface area is 112 Å². The van der Waals surface area contributed by atoms with Crippen molar-refractivity contribution in [3.8, 4) is 0 Å². The summed E-state index contributed by atoms with van der Waals surface area (Å²) in [7, 11) is 1.62. The van der Waals surface area contributed by atoms with Crippen LogP contribution in [0.3, 0.4) is 0 Å². The number of hydrogen-bond acceptors (Lipinski definition) is 3. The molecule has 1 aliphatic rings. The van der Waals surface area contributed by atoms with E-state index in [-0.39, 0.29) is 0 Å². The summed E-state index contributed by atoms with van der Waals surface area (Å²) in [6.07, 6.45) is 4.82. The second-order valence-electron chi connectivity index (χ2n) is 5.10. The quantitative estimate of drug-likeness (QED) is 0.653. The Kier molecular flexibility index (Phi) is 4.50. The number of hydrogen-bond donors (Lipinski definition) is 2. The maximum absolute atomic E-state index is 14.0. The highest BCUT2D eigenvalue weighted by Gasteiger charge is 2.41. The molecule has 106 valence electrons. The number of rotatable bonds is 4. The molecule has 3 nitrogen and oxygen atoms in total. The third-order valence-electron chi connectivity index (χ3n) is 4.07. The summed E-state index contributed by atoms with van der Waals surface area (Å²) in [5.74, 6) is 4.43. The highest BCUT2D eigenvalue weighted by atomic mass is 19.1. The molecule has 1 unspecified atom stereocenters. The van der Waals surface area contributed by atoms with Crippen LogP contribution in [0.1, 0.15) is 43.7 Å². The van der Waals surface area contributed by atoms with E-state index >= 15 is 0 Å². The second kappa shape index (κ2) is 5.94. The van der Waals surface area contributed by atoms with E-state index in [0.29, 0.717) is 5.56 Å². The minimum Gasteiger partial charge on any atom is -0.376 e. The van der Waals surface area contributed by atoms with Crippen LogP contribution in [0.5, 0.6) is 0 Å². The van der Waals surface area contributed by atoms with Gasteiger partial charge in [0.25, 0.3) is 0 Å². The Balaban J connectivity index is 2.36. The van der Waals surface area contributed by atoms with Gasteiger partial charge in [-0.05, 0) is 18.9 Å². The Morgan fingerprint density at radius 2 is 1.95 bits per heavy atom. The molecule has 0 spiro atoms. The average molecular weight is 270 g/mol. The van der Waals surface area contributed by atoms with E-state index in [2.05, 4.69) is 5.43 Å². The fourth-order valence-corrected chi connectivity index (χ4v) is 3.02. The molecule has 1 fully saturated rings. The van der Waals surface area contributed by atoms with Gasteiger partial charge in [0.05, 0.1) is 11.6 Å². The zero-order valence-electron chi connectivity index (χ0n) is 11.1. The first-order valence-electron chi connectivity index (χ1n) is 6.59. The number of nitrogens with two attached hydrogens (primary N) is 1. The summed E-state index contributed by atoms with van der Waals surface area (Å²) < 4.78 is 32.6. The molecule has 0 amide bonds. The average Bonchev–Trinajstić information content (AvgIpc) is 2.43. The van der Waals surface area contributed by atoms with Crippen LogP contribution in [-0.4, -0.2) is 12.7 Å². The van der Waals surface area contributed by atoms with Gasteiger partial charge in [0.1, 0.15) is 11.6 Å². The minimum absolute atomic E-state index is 0.354. The molecule has 0 radical (unpaired) electrons. The zero-order valence-corrected chi connectivity index (χ0v) is 11.1. The highest BCUT2D eigenvalue weighted by molar-refractivity contribution is 5.25. The SMILES string of the molecule is COC1(C(NN)c2ccc(F)cc2F)CCCCC1. The van der Waals surface area contributed by atoms with E-state index in [9.17, 15) is 8.78 Å². The summed E-state index contributed by atoms with van der Waals surface area (Å²) in [5, 5.41) is 0. The molecule has 0 bridgehead atoms. The lowest BCUT2D eigenvalue weighted by Crippen LogP contribution is -2.49. The van der Waals surface area contributed by atoms with Crippen LogP contribution < -0.4 is 11.3 Å².